The molecule has 0 radical (unpaired) electrons. The fourth-order valence-electron chi connectivity index (χ4n) is 2.95. The molecule has 0 aliphatic carbocycles. The predicted molar refractivity (Wildman–Crippen MR) is 114 cm³/mol. The third-order valence-corrected chi connectivity index (χ3v) is 6.50. The topological polar surface area (TPSA) is 87.5 Å². The summed E-state index contributed by atoms with van der Waals surface area (Å²) in [6.45, 7) is -0.0862. The van der Waals surface area contributed by atoms with Gasteiger partial charge in [-0.05, 0) is 42.0 Å². The van der Waals surface area contributed by atoms with Crippen molar-refractivity contribution in [3.05, 3.63) is 94.5 Å². The van der Waals surface area contributed by atoms with E-state index >= 15 is 0 Å². The maximum atomic E-state index is 13.7. The number of methoxy groups -OCH3 is 1. The number of hydrogen-bond donors (Lipinski definition) is 0. The van der Waals surface area contributed by atoms with E-state index in [1.807, 2.05) is 6.07 Å². The highest BCUT2D eigenvalue weighted by atomic mass is 35.5. The smallest absolute Gasteiger partial charge is 0.339 e. The van der Waals surface area contributed by atoms with E-state index in [0.717, 1.165) is 4.31 Å². The number of hydrogen-bond acceptors (Lipinski definition) is 5. The van der Waals surface area contributed by atoms with Gasteiger partial charge in [0.05, 0.1) is 41.6 Å². The predicted octanol–water partition coefficient (Wildman–Crippen LogP) is 4.39. The first-order valence-corrected chi connectivity index (χ1v) is 10.6. The molecule has 0 aromatic heterocycles. The molecule has 0 aliphatic heterocycles. The van der Waals surface area contributed by atoms with Crippen LogP contribution in [-0.2, 0) is 21.3 Å². The van der Waals surface area contributed by atoms with Crippen molar-refractivity contribution in [3.8, 4) is 6.07 Å². The molecule has 0 saturated carbocycles. The van der Waals surface area contributed by atoms with Gasteiger partial charge in [0.1, 0.15) is 4.90 Å². The van der Waals surface area contributed by atoms with Crippen LogP contribution in [0.5, 0.6) is 0 Å². The third kappa shape index (κ3) is 4.30. The molecule has 0 unspecified atom stereocenters. The second-order valence-corrected chi connectivity index (χ2v) is 8.50. The Morgan fingerprint density at radius 2 is 1.77 bits per heavy atom. The minimum absolute atomic E-state index is 0.0807. The zero-order valence-electron chi connectivity index (χ0n) is 15.9. The van der Waals surface area contributed by atoms with Crippen molar-refractivity contribution in [1.29, 1.82) is 5.26 Å². The molecule has 0 heterocycles. The van der Waals surface area contributed by atoms with Crippen molar-refractivity contribution in [2.24, 2.45) is 0 Å². The molecular formula is C22H17ClN2O4S. The van der Waals surface area contributed by atoms with Gasteiger partial charge in [-0.3, -0.25) is 4.31 Å². The Hall–Kier alpha value is -3.34. The molecule has 8 heteroatoms. The maximum Gasteiger partial charge on any atom is 0.339 e. The van der Waals surface area contributed by atoms with Crippen molar-refractivity contribution >= 4 is 33.3 Å². The number of carbonyl (C=O) groups excluding carboxylic acids is 1. The van der Waals surface area contributed by atoms with Gasteiger partial charge in [-0.15, -0.1) is 0 Å². The lowest BCUT2D eigenvalue weighted by Gasteiger charge is -2.26. The molecule has 0 aliphatic rings. The summed E-state index contributed by atoms with van der Waals surface area (Å²) in [6, 6.07) is 21.0. The average Bonchev–Trinajstić information content (AvgIpc) is 2.77. The minimum Gasteiger partial charge on any atom is -0.465 e. The second kappa shape index (κ2) is 8.99. The quantitative estimate of drug-likeness (QED) is 0.530. The Morgan fingerprint density at radius 3 is 2.47 bits per heavy atom. The largest absolute Gasteiger partial charge is 0.465 e. The number of nitrogens with zero attached hydrogens (tertiary/aromatic N) is 2. The fraction of sp³-hybridized carbons (Fsp3) is 0.0909. The molecule has 152 valence electrons. The summed E-state index contributed by atoms with van der Waals surface area (Å²) in [5.41, 5.74) is 1.16. The van der Waals surface area contributed by atoms with Gasteiger partial charge in [0.15, 0.2) is 0 Å². The summed E-state index contributed by atoms with van der Waals surface area (Å²) in [5.74, 6) is -0.764. The highest BCUT2D eigenvalue weighted by Crippen LogP contribution is 2.33. The molecule has 0 spiro atoms. The van der Waals surface area contributed by atoms with Crippen LogP contribution in [0.1, 0.15) is 21.5 Å². The number of anilines is 1. The number of esters is 1. The zero-order valence-corrected chi connectivity index (χ0v) is 17.5. The Labute approximate surface area is 179 Å². The number of benzene rings is 3. The summed E-state index contributed by atoms with van der Waals surface area (Å²) in [4.78, 5) is 12.0. The lowest BCUT2D eigenvalue weighted by Crippen LogP contribution is -2.32. The number of rotatable bonds is 6. The van der Waals surface area contributed by atoms with E-state index in [0.29, 0.717) is 11.1 Å². The van der Waals surface area contributed by atoms with E-state index in [1.54, 1.807) is 54.6 Å². The van der Waals surface area contributed by atoms with Gasteiger partial charge in [0.25, 0.3) is 10.0 Å². The Morgan fingerprint density at radius 1 is 1.07 bits per heavy atom. The van der Waals surface area contributed by atoms with Crippen LogP contribution >= 0.6 is 11.6 Å². The molecule has 30 heavy (non-hydrogen) atoms. The summed E-state index contributed by atoms with van der Waals surface area (Å²) in [6.07, 6.45) is 0. The number of nitriles is 1. The number of ether oxygens (including phenoxy) is 1. The minimum atomic E-state index is -4.22. The standard InChI is InChI=1S/C22H17ClN2O4S/c1-29-22(26)18-9-2-5-12-21(18)30(27,28)25(20-11-4-3-10-19(20)23)15-17-8-6-7-16(13-17)14-24/h2-13H,15H2,1H3. The van der Waals surface area contributed by atoms with E-state index in [1.165, 1.54) is 25.3 Å². The zero-order chi connectivity index (χ0) is 21.7. The van der Waals surface area contributed by atoms with Crippen LogP contribution in [0.25, 0.3) is 0 Å². The Kier molecular flexibility index (Phi) is 6.40. The van der Waals surface area contributed by atoms with E-state index in [-0.39, 0.29) is 27.7 Å². The summed E-state index contributed by atoms with van der Waals surface area (Å²) in [5, 5.41) is 9.40. The van der Waals surface area contributed by atoms with Crippen LogP contribution in [0.15, 0.2) is 77.7 Å². The van der Waals surface area contributed by atoms with Crippen LogP contribution in [-0.4, -0.2) is 21.5 Å². The van der Waals surface area contributed by atoms with E-state index in [9.17, 15) is 13.2 Å². The van der Waals surface area contributed by atoms with Crippen molar-refractivity contribution in [2.45, 2.75) is 11.4 Å². The third-order valence-electron chi connectivity index (χ3n) is 4.36. The lowest BCUT2D eigenvalue weighted by molar-refractivity contribution is 0.0596. The van der Waals surface area contributed by atoms with Crippen molar-refractivity contribution in [2.75, 3.05) is 11.4 Å². The number of para-hydroxylation sites is 1. The molecule has 0 atom stereocenters. The lowest BCUT2D eigenvalue weighted by atomic mass is 10.1. The van der Waals surface area contributed by atoms with Crippen molar-refractivity contribution in [3.63, 3.8) is 0 Å². The second-order valence-electron chi connectivity index (χ2n) is 6.26. The van der Waals surface area contributed by atoms with Crippen molar-refractivity contribution < 1.29 is 17.9 Å². The van der Waals surface area contributed by atoms with E-state index in [2.05, 4.69) is 0 Å². The molecule has 0 N–H and O–H groups in total. The first kappa shape index (κ1) is 21.4. The molecule has 3 aromatic carbocycles. The van der Waals surface area contributed by atoms with Crippen LogP contribution in [0.3, 0.4) is 0 Å². The van der Waals surface area contributed by atoms with Gasteiger partial charge >= 0.3 is 5.97 Å². The highest BCUT2D eigenvalue weighted by molar-refractivity contribution is 7.92. The average molecular weight is 441 g/mol. The van der Waals surface area contributed by atoms with E-state index < -0.39 is 16.0 Å². The van der Waals surface area contributed by atoms with Crippen LogP contribution in [0.2, 0.25) is 5.02 Å². The van der Waals surface area contributed by atoms with Gasteiger partial charge in [0.2, 0.25) is 0 Å². The summed E-state index contributed by atoms with van der Waals surface area (Å²) in [7, 11) is -3.03. The van der Waals surface area contributed by atoms with Gasteiger partial charge in [0, 0.05) is 0 Å². The highest BCUT2D eigenvalue weighted by Gasteiger charge is 2.31. The Bertz CT molecular complexity index is 1240. The monoisotopic (exact) mass is 440 g/mol. The first-order valence-electron chi connectivity index (χ1n) is 8.82. The van der Waals surface area contributed by atoms with Crippen LogP contribution < -0.4 is 4.31 Å². The Balaban J connectivity index is 2.19. The molecule has 0 saturated heterocycles. The molecular weight excluding hydrogens is 424 g/mol. The number of sulfonamides is 1. The molecule has 0 amide bonds. The fourth-order valence-corrected chi connectivity index (χ4v) is 4.89. The van der Waals surface area contributed by atoms with Crippen LogP contribution in [0, 0.1) is 11.3 Å². The summed E-state index contributed by atoms with van der Waals surface area (Å²) < 4.78 is 33.2. The molecule has 3 rings (SSSR count). The van der Waals surface area contributed by atoms with Gasteiger partial charge in [-0.2, -0.15) is 5.26 Å². The molecule has 0 bridgehead atoms. The normalized spacial score (nSPS) is 10.8. The molecule has 6 nitrogen and oxygen atoms in total. The SMILES string of the molecule is COC(=O)c1ccccc1S(=O)(=O)N(Cc1cccc(C#N)c1)c1ccccc1Cl. The maximum absolute atomic E-state index is 13.7. The molecule has 3 aromatic rings. The van der Waals surface area contributed by atoms with Crippen LogP contribution in [0.4, 0.5) is 5.69 Å². The molecule has 0 fully saturated rings. The summed E-state index contributed by atoms with van der Waals surface area (Å²) >= 11 is 6.32. The number of halogens is 1. The van der Waals surface area contributed by atoms with Gasteiger partial charge in [-0.25, -0.2) is 13.2 Å². The van der Waals surface area contributed by atoms with E-state index in [4.69, 9.17) is 21.6 Å². The first-order chi connectivity index (χ1) is 14.4. The number of carbonyl (C=O) groups is 1. The van der Waals surface area contributed by atoms with Gasteiger partial charge in [-0.1, -0.05) is 48.0 Å². The van der Waals surface area contributed by atoms with Crippen molar-refractivity contribution in [1.82, 2.24) is 0 Å². The van der Waals surface area contributed by atoms with Gasteiger partial charge < -0.3 is 4.74 Å².